The monoisotopic (exact) mass is 285 g/mol. The van der Waals surface area contributed by atoms with Gasteiger partial charge in [0, 0.05) is 6.08 Å². The van der Waals surface area contributed by atoms with Crippen molar-refractivity contribution in [3.05, 3.63) is 35.9 Å². The molecule has 5 heteroatoms. The van der Waals surface area contributed by atoms with Crippen molar-refractivity contribution in [1.29, 1.82) is 0 Å². The smallest absolute Gasteiger partial charge is 0.330 e. The van der Waals surface area contributed by atoms with E-state index in [-0.39, 0.29) is 24.1 Å². The zero-order chi connectivity index (χ0) is 13.6. The van der Waals surface area contributed by atoms with Gasteiger partial charge in [-0.2, -0.15) is 0 Å². The fraction of sp³-hybridized carbons (Fsp3) is 0.357. The molecule has 0 saturated carbocycles. The highest BCUT2D eigenvalue weighted by molar-refractivity contribution is 5.87. The summed E-state index contributed by atoms with van der Waals surface area (Å²) in [5, 5.41) is 9.11. The summed E-state index contributed by atoms with van der Waals surface area (Å²) < 4.78 is 5.83. The number of rotatable bonds is 5. The number of quaternary nitrogens is 1. The van der Waals surface area contributed by atoms with Crippen molar-refractivity contribution >= 4 is 12.0 Å². The molecule has 0 aliphatic heterocycles. The molecule has 1 N–H and O–H groups in total. The standard InChI is InChI=1S/C14H19NO3.ClH/c1-15(2,3)10-11-18-14(17)9-6-12-4-7-13(16)8-5-12;/h4-9H,10-11H2,1-3H3;1H. The van der Waals surface area contributed by atoms with E-state index < -0.39 is 0 Å². The van der Waals surface area contributed by atoms with E-state index in [0.717, 1.165) is 16.6 Å². The Kier molecular flexibility index (Phi) is 7.19. The number of phenols is 1. The minimum atomic E-state index is -0.350. The number of nitrogens with zero attached hydrogens (tertiary/aromatic N) is 1. The molecule has 19 heavy (non-hydrogen) atoms. The molecule has 106 valence electrons. The Morgan fingerprint density at radius 3 is 2.37 bits per heavy atom. The molecule has 1 rings (SSSR count). The van der Waals surface area contributed by atoms with E-state index in [4.69, 9.17) is 9.84 Å². The Labute approximate surface area is 120 Å². The third-order valence-corrected chi connectivity index (χ3v) is 2.31. The van der Waals surface area contributed by atoms with Gasteiger partial charge >= 0.3 is 5.97 Å². The summed E-state index contributed by atoms with van der Waals surface area (Å²) in [6.45, 7) is 1.18. The summed E-state index contributed by atoms with van der Waals surface area (Å²) in [4.78, 5) is 11.4. The van der Waals surface area contributed by atoms with E-state index >= 15 is 0 Å². The maximum atomic E-state index is 11.4. The molecule has 0 saturated heterocycles. The molecule has 0 aromatic heterocycles. The van der Waals surface area contributed by atoms with Crippen molar-refractivity contribution in [2.45, 2.75) is 0 Å². The van der Waals surface area contributed by atoms with Gasteiger partial charge in [0.1, 0.15) is 18.9 Å². The second-order valence-corrected chi connectivity index (χ2v) is 5.11. The molecular weight excluding hydrogens is 266 g/mol. The van der Waals surface area contributed by atoms with Crippen LogP contribution in [0.15, 0.2) is 30.3 Å². The zero-order valence-electron chi connectivity index (χ0n) is 11.5. The number of hydrogen-bond donors (Lipinski definition) is 1. The number of benzene rings is 1. The Morgan fingerprint density at radius 1 is 1.26 bits per heavy atom. The van der Waals surface area contributed by atoms with Gasteiger partial charge < -0.3 is 26.7 Å². The van der Waals surface area contributed by atoms with Gasteiger partial charge in [0.2, 0.25) is 0 Å². The lowest BCUT2D eigenvalue weighted by Crippen LogP contribution is -3.00. The van der Waals surface area contributed by atoms with Crippen LogP contribution in [-0.4, -0.2) is 49.9 Å². The van der Waals surface area contributed by atoms with Gasteiger partial charge in [-0.3, -0.25) is 0 Å². The molecule has 1 aromatic carbocycles. The lowest BCUT2D eigenvalue weighted by Gasteiger charge is -2.23. The first-order valence-electron chi connectivity index (χ1n) is 5.81. The minimum Gasteiger partial charge on any atom is -1.00 e. The minimum absolute atomic E-state index is 0. The van der Waals surface area contributed by atoms with Gasteiger partial charge in [0.25, 0.3) is 0 Å². The molecule has 0 bridgehead atoms. The van der Waals surface area contributed by atoms with Crippen LogP contribution in [0.2, 0.25) is 0 Å². The maximum Gasteiger partial charge on any atom is 0.330 e. The summed E-state index contributed by atoms with van der Waals surface area (Å²) in [6.07, 6.45) is 3.05. The zero-order valence-corrected chi connectivity index (χ0v) is 12.2. The predicted octanol–water partition coefficient (Wildman–Crippen LogP) is -1.34. The largest absolute Gasteiger partial charge is 1.00 e. The first kappa shape index (κ1) is 17.5. The summed E-state index contributed by atoms with van der Waals surface area (Å²) in [7, 11) is 6.13. The number of esters is 1. The van der Waals surface area contributed by atoms with Crippen molar-refractivity contribution in [3.63, 3.8) is 0 Å². The van der Waals surface area contributed by atoms with E-state index in [1.165, 1.54) is 6.08 Å². The lowest BCUT2D eigenvalue weighted by molar-refractivity contribution is -0.870. The molecule has 1 aromatic rings. The third-order valence-electron chi connectivity index (χ3n) is 2.31. The molecule has 0 aliphatic carbocycles. The molecule has 4 nitrogen and oxygen atoms in total. The molecule has 0 unspecified atom stereocenters. The van der Waals surface area contributed by atoms with Gasteiger partial charge in [-0.25, -0.2) is 4.79 Å². The second kappa shape index (κ2) is 7.81. The number of phenolic OH excluding ortho intramolecular Hbond substituents is 1. The molecule has 0 heterocycles. The topological polar surface area (TPSA) is 46.5 Å². The number of likely N-dealkylation sites (N-methyl/N-ethyl adjacent to an activating group) is 1. The van der Waals surface area contributed by atoms with Crippen LogP contribution in [0.25, 0.3) is 6.08 Å². The summed E-state index contributed by atoms with van der Waals surface area (Å²) >= 11 is 0. The van der Waals surface area contributed by atoms with Crippen molar-refractivity contribution in [3.8, 4) is 5.75 Å². The van der Waals surface area contributed by atoms with Crippen molar-refractivity contribution < 1.29 is 31.5 Å². The van der Waals surface area contributed by atoms with Crippen LogP contribution in [0.1, 0.15) is 5.56 Å². The molecular formula is C14H20ClNO3. The quantitative estimate of drug-likeness (QED) is 0.414. The average Bonchev–Trinajstić information content (AvgIpc) is 2.26. The Bertz CT molecular complexity index is 421. The molecule has 0 spiro atoms. The van der Waals surface area contributed by atoms with E-state index in [0.29, 0.717) is 6.61 Å². The van der Waals surface area contributed by atoms with Gasteiger partial charge in [-0.05, 0) is 23.8 Å². The molecule has 0 aliphatic rings. The number of carbonyl (C=O) groups is 1. The fourth-order valence-electron chi connectivity index (χ4n) is 1.22. The van der Waals surface area contributed by atoms with Crippen LogP contribution in [0.3, 0.4) is 0 Å². The normalized spacial score (nSPS) is 11.1. The maximum absolute atomic E-state index is 11.4. The van der Waals surface area contributed by atoms with Crippen LogP contribution in [0.5, 0.6) is 5.75 Å². The van der Waals surface area contributed by atoms with E-state index in [1.807, 2.05) is 21.1 Å². The highest BCUT2D eigenvalue weighted by atomic mass is 35.5. The summed E-state index contributed by atoms with van der Waals surface area (Å²) in [5.41, 5.74) is 0.844. The fourth-order valence-corrected chi connectivity index (χ4v) is 1.22. The lowest BCUT2D eigenvalue weighted by atomic mass is 10.2. The Hall–Kier alpha value is -1.52. The van der Waals surface area contributed by atoms with Crippen LogP contribution in [-0.2, 0) is 9.53 Å². The van der Waals surface area contributed by atoms with Crippen LogP contribution in [0, 0.1) is 0 Å². The molecule has 0 radical (unpaired) electrons. The number of hydrogen-bond acceptors (Lipinski definition) is 3. The molecule has 0 amide bonds. The van der Waals surface area contributed by atoms with Gasteiger partial charge in [0.05, 0.1) is 21.1 Å². The number of aromatic hydroxyl groups is 1. The van der Waals surface area contributed by atoms with Crippen LogP contribution in [0.4, 0.5) is 0 Å². The third kappa shape index (κ3) is 8.24. The number of ether oxygens (including phenoxy) is 1. The molecule has 0 atom stereocenters. The summed E-state index contributed by atoms with van der Waals surface area (Å²) in [5.74, 6) is -0.144. The Morgan fingerprint density at radius 2 is 1.84 bits per heavy atom. The van der Waals surface area contributed by atoms with Gasteiger partial charge in [0.15, 0.2) is 0 Å². The number of carbonyl (C=O) groups excluding carboxylic acids is 1. The van der Waals surface area contributed by atoms with Crippen LogP contribution < -0.4 is 12.4 Å². The van der Waals surface area contributed by atoms with Crippen molar-refractivity contribution in [2.24, 2.45) is 0 Å². The first-order chi connectivity index (χ1) is 8.37. The highest BCUT2D eigenvalue weighted by Gasteiger charge is 2.07. The van der Waals surface area contributed by atoms with Crippen LogP contribution >= 0.6 is 0 Å². The van der Waals surface area contributed by atoms with Gasteiger partial charge in [-0.15, -0.1) is 0 Å². The first-order valence-corrected chi connectivity index (χ1v) is 5.81. The number of halogens is 1. The Balaban J connectivity index is 0.00000324. The van der Waals surface area contributed by atoms with Crippen molar-refractivity contribution in [1.82, 2.24) is 0 Å². The highest BCUT2D eigenvalue weighted by Crippen LogP contribution is 2.10. The van der Waals surface area contributed by atoms with E-state index in [2.05, 4.69) is 0 Å². The second-order valence-electron chi connectivity index (χ2n) is 5.11. The van der Waals surface area contributed by atoms with E-state index in [9.17, 15) is 4.79 Å². The average molecular weight is 286 g/mol. The molecule has 0 fully saturated rings. The van der Waals surface area contributed by atoms with E-state index in [1.54, 1.807) is 30.3 Å². The predicted molar refractivity (Wildman–Crippen MR) is 71.0 cm³/mol. The summed E-state index contributed by atoms with van der Waals surface area (Å²) in [6, 6.07) is 6.60. The SMILES string of the molecule is C[N+](C)(C)CCOC(=O)C=Cc1ccc(O)cc1.[Cl-]. The van der Waals surface area contributed by atoms with Gasteiger partial charge in [-0.1, -0.05) is 12.1 Å². The van der Waals surface area contributed by atoms with Crippen molar-refractivity contribution in [2.75, 3.05) is 34.3 Å².